The lowest BCUT2D eigenvalue weighted by Crippen LogP contribution is -2.37. The summed E-state index contributed by atoms with van der Waals surface area (Å²) in [5, 5.41) is 0. The summed E-state index contributed by atoms with van der Waals surface area (Å²) < 4.78 is 4.19. The summed E-state index contributed by atoms with van der Waals surface area (Å²) >= 11 is 0. The van der Waals surface area contributed by atoms with Crippen LogP contribution < -0.4 is 11.2 Å². The molecule has 0 aromatic carbocycles. The Bertz CT molecular complexity index is 906. The van der Waals surface area contributed by atoms with Gasteiger partial charge in [0.05, 0.1) is 6.04 Å². The van der Waals surface area contributed by atoms with E-state index in [-0.39, 0.29) is 11.6 Å². The number of nitrogens with zero attached hydrogens (tertiary/aromatic N) is 5. The molecule has 2 rings (SSSR count). The van der Waals surface area contributed by atoms with Gasteiger partial charge in [-0.25, -0.2) is 9.78 Å². The minimum Gasteiger partial charge on any atom is -0.324 e. The zero-order valence-corrected chi connectivity index (χ0v) is 14.4. The molecule has 7 nitrogen and oxygen atoms in total. The van der Waals surface area contributed by atoms with Gasteiger partial charge in [-0.15, -0.1) is 19.7 Å². The third-order valence-corrected chi connectivity index (χ3v) is 4.12. The van der Waals surface area contributed by atoms with Crippen LogP contribution in [0.25, 0.3) is 11.2 Å². The molecule has 1 unspecified atom stereocenters. The topological polar surface area (TPSA) is 65.1 Å². The molecule has 1 atom stereocenters. The van der Waals surface area contributed by atoms with E-state index in [1.54, 1.807) is 36.9 Å². The smallest absolute Gasteiger partial charge is 0.324 e. The fraction of sp³-hybridized carbons (Fsp3) is 0.353. The van der Waals surface area contributed by atoms with Gasteiger partial charge in [-0.3, -0.25) is 18.8 Å². The van der Waals surface area contributed by atoms with Crippen molar-refractivity contribution >= 4 is 11.2 Å². The van der Waals surface area contributed by atoms with Crippen LogP contribution in [0.4, 0.5) is 0 Å². The lowest BCUT2D eigenvalue weighted by atomic mass is 10.2. The van der Waals surface area contributed by atoms with Crippen LogP contribution >= 0.6 is 0 Å². The van der Waals surface area contributed by atoms with Crippen molar-refractivity contribution in [3.05, 3.63) is 64.6 Å². The van der Waals surface area contributed by atoms with Gasteiger partial charge in [0.1, 0.15) is 5.82 Å². The molecule has 2 aromatic rings. The van der Waals surface area contributed by atoms with E-state index in [2.05, 4.69) is 29.6 Å². The Hall–Kier alpha value is -2.67. The molecular formula is C17H23N5O2. The monoisotopic (exact) mass is 329 g/mol. The van der Waals surface area contributed by atoms with Crippen LogP contribution in [0.15, 0.2) is 47.6 Å². The third kappa shape index (κ3) is 2.67. The van der Waals surface area contributed by atoms with Gasteiger partial charge in [0, 0.05) is 34.2 Å². The molecule has 0 aliphatic rings. The average Bonchev–Trinajstić information content (AvgIpc) is 2.90. The molecule has 0 fully saturated rings. The van der Waals surface area contributed by atoms with Gasteiger partial charge in [0.2, 0.25) is 0 Å². The van der Waals surface area contributed by atoms with E-state index in [0.29, 0.717) is 30.1 Å². The van der Waals surface area contributed by atoms with Crippen LogP contribution in [0.5, 0.6) is 0 Å². The maximum atomic E-state index is 12.5. The Morgan fingerprint density at radius 3 is 2.12 bits per heavy atom. The summed E-state index contributed by atoms with van der Waals surface area (Å²) in [5.74, 6) is 0.641. The van der Waals surface area contributed by atoms with E-state index in [4.69, 9.17) is 0 Å². The number of aromatic nitrogens is 4. The van der Waals surface area contributed by atoms with Gasteiger partial charge in [0.25, 0.3) is 5.56 Å². The number of fused-ring (bicyclic) bond motifs is 1. The molecule has 0 saturated carbocycles. The molecule has 0 saturated heterocycles. The first-order valence-electron chi connectivity index (χ1n) is 7.59. The first-order chi connectivity index (χ1) is 11.4. The Balaban J connectivity index is 2.76. The van der Waals surface area contributed by atoms with Gasteiger partial charge >= 0.3 is 5.69 Å². The van der Waals surface area contributed by atoms with E-state index in [9.17, 15) is 9.59 Å². The molecule has 24 heavy (non-hydrogen) atoms. The summed E-state index contributed by atoms with van der Waals surface area (Å²) in [6, 6.07) is -0.238. The number of aryl methyl sites for hydroxylation is 2. The van der Waals surface area contributed by atoms with Gasteiger partial charge < -0.3 is 4.57 Å². The highest BCUT2D eigenvalue weighted by Crippen LogP contribution is 2.23. The molecule has 0 radical (unpaired) electrons. The molecule has 0 spiro atoms. The molecular weight excluding hydrogens is 306 g/mol. The second kappa shape index (κ2) is 6.84. The maximum Gasteiger partial charge on any atom is 0.332 e. The van der Waals surface area contributed by atoms with Crippen molar-refractivity contribution in [2.75, 3.05) is 13.1 Å². The zero-order valence-electron chi connectivity index (χ0n) is 14.4. The highest BCUT2D eigenvalue weighted by atomic mass is 16.2. The fourth-order valence-electron chi connectivity index (χ4n) is 2.85. The molecule has 0 bridgehead atoms. The standard InChI is InChI=1S/C17H23N5O2/c1-7-10-22(11-8-2)12(9-3)14-18-15-13(19(14)4)16(23)21(6)17(24)20(15)5/h7-9,12H,1-3,10-11H2,4-6H3. The third-order valence-electron chi connectivity index (χ3n) is 4.12. The van der Waals surface area contributed by atoms with Crippen molar-refractivity contribution in [3.8, 4) is 0 Å². The summed E-state index contributed by atoms with van der Waals surface area (Å²) in [5.41, 5.74) is -0.0132. The van der Waals surface area contributed by atoms with Gasteiger partial charge in [-0.2, -0.15) is 0 Å². The quantitative estimate of drug-likeness (QED) is 0.707. The lowest BCUT2D eigenvalue weighted by molar-refractivity contribution is 0.273. The minimum absolute atomic E-state index is 0.238. The van der Waals surface area contributed by atoms with Crippen LogP contribution in [0.2, 0.25) is 0 Å². The van der Waals surface area contributed by atoms with Crippen LogP contribution in [0.3, 0.4) is 0 Å². The molecule has 7 heteroatoms. The highest BCUT2D eigenvalue weighted by molar-refractivity contribution is 5.71. The Kier molecular flexibility index (Phi) is 5.04. The van der Waals surface area contributed by atoms with E-state index < -0.39 is 5.69 Å². The summed E-state index contributed by atoms with van der Waals surface area (Å²) in [6.07, 6.45) is 5.34. The molecule has 0 aliphatic carbocycles. The van der Waals surface area contributed by atoms with Crippen molar-refractivity contribution in [1.82, 2.24) is 23.6 Å². The van der Waals surface area contributed by atoms with Gasteiger partial charge in [-0.1, -0.05) is 18.2 Å². The van der Waals surface area contributed by atoms with E-state index in [1.807, 2.05) is 0 Å². The molecule has 0 aliphatic heterocycles. The number of hydrogen-bond donors (Lipinski definition) is 0. The van der Waals surface area contributed by atoms with Crippen LogP contribution in [-0.2, 0) is 21.1 Å². The van der Waals surface area contributed by atoms with E-state index in [1.165, 1.54) is 11.6 Å². The highest BCUT2D eigenvalue weighted by Gasteiger charge is 2.24. The molecule has 2 aromatic heterocycles. The van der Waals surface area contributed by atoms with Gasteiger partial charge in [0.15, 0.2) is 11.2 Å². The Morgan fingerprint density at radius 1 is 1.04 bits per heavy atom. The summed E-state index contributed by atoms with van der Waals surface area (Å²) in [4.78, 5) is 31.2. The fourth-order valence-corrected chi connectivity index (χ4v) is 2.85. The molecule has 2 heterocycles. The Labute approximate surface area is 140 Å². The molecule has 0 N–H and O–H groups in total. The largest absolute Gasteiger partial charge is 0.332 e. The van der Waals surface area contributed by atoms with Crippen molar-refractivity contribution in [2.45, 2.75) is 6.04 Å². The predicted octanol–water partition coefficient (Wildman–Crippen LogP) is 0.872. The SMILES string of the molecule is C=CCN(CC=C)C(C=C)c1nc2c(c(=O)n(C)c(=O)n2C)n1C. The van der Waals surface area contributed by atoms with Crippen molar-refractivity contribution in [1.29, 1.82) is 0 Å². The van der Waals surface area contributed by atoms with E-state index >= 15 is 0 Å². The number of imidazole rings is 1. The predicted molar refractivity (Wildman–Crippen MR) is 96.1 cm³/mol. The van der Waals surface area contributed by atoms with Crippen molar-refractivity contribution in [2.24, 2.45) is 21.1 Å². The van der Waals surface area contributed by atoms with E-state index in [0.717, 1.165) is 4.57 Å². The number of hydrogen-bond acceptors (Lipinski definition) is 4. The first-order valence-corrected chi connectivity index (χ1v) is 7.59. The van der Waals surface area contributed by atoms with Crippen LogP contribution in [0, 0.1) is 0 Å². The number of rotatable bonds is 7. The van der Waals surface area contributed by atoms with Crippen molar-refractivity contribution < 1.29 is 0 Å². The lowest BCUT2D eigenvalue weighted by Gasteiger charge is -2.26. The Morgan fingerprint density at radius 2 is 1.62 bits per heavy atom. The minimum atomic E-state index is -0.402. The first kappa shape index (κ1) is 17.7. The van der Waals surface area contributed by atoms with Crippen LogP contribution in [-0.4, -0.2) is 36.7 Å². The second-order valence-corrected chi connectivity index (χ2v) is 5.62. The van der Waals surface area contributed by atoms with Crippen molar-refractivity contribution in [3.63, 3.8) is 0 Å². The van der Waals surface area contributed by atoms with Crippen LogP contribution in [0.1, 0.15) is 11.9 Å². The summed E-state index contributed by atoms with van der Waals surface area (Å²) in [6.45, 7) is 12.7. The normalized spacial score (nSPS) is 12.5. The molecule has 0 amide bonds. The average molecular weight is 329 g/mol. The van der Waals surface area contributed by atoms with Gasteiger partial charge in [-0.05, 0) is 0 Å². The second-order valence-electron chi connectivity index (χ2n) is 5.62. The maximum absolute atomic E-state index is 12.5. The molecule has 128 valence electrons. The zero-order chi connectivity index (χ0) is 18.0. The summed E-state index contributed by atoms with van der Waals surface area (Å²) in [7, 11) is 4.84.